The van der Waals surface area contributed by atoms with Gasteiger partial charge in [0.25, 0.3) is 0 Å². The Balaban J connectivity index is 2.85. The van der Waals surface area contributed by atoms with Crippen LogP contribution in [0.2, 0.25) is 0 Å². The first-order valence-corrected chi connectivity index (χ1v) is 5.44. The second-order valence-corrected chi connectivity index (χ2v) is 3.86. The average molecular weight is 224 g/mol. The highest BCUT2D eigenvalue weighted by atomic mass is 19.1. The Hall–Kier alpha value is -1.38. The van der Waals surface area contributed by atoms with E-state index in [4.69, 9.17) is 4.74 Å². The van der Waals surface area contributed by atoms with E-state index in [-0.39, 0.29) is 23.3 Å². The summed E-state index contributed by atoms with van der Waals surface area (Å²) in [5.74, 6) is -0.122. The number of rotatable bonds is 5. The molecule has 0 saturated heterocycles. The van der Waals surface area contributed by atoms with E-state index in [0.717, 1.165) is 0 Å². The van der Waals surface area contributed by atoms with Crippen molar-refractivity contribution in [2.24, 2.45) is 5.92 Å². The first kappa shape index (κ1) is 12.7. The van der Waals surface area contributed by atoms with Gasteiger partial charge in [-0.2, -0.15) is 0 Å². The summed E-state index contributed by atoms with van der Waals surface area (Å²) in [6.45, 7) is 3.64. The van der Waals surface area contributed by atoms with Gasteiger partial charge in [-0.3, -0.25) is 4.79 Å². The summed E-state index contributed by atoms with van der Waals surface area (Å²) < 4.78 is 18.7. The molecule has 0 radical (unpaired) electrons. The van der Waals surface area contributed by atoms with E-state index < -0.39 is 0 Å². The standard InChI is InChI=1S/C13H17FO2/c1-4-11(15)9(2)8-10-6-5-7-12(16-3)13(10)14/h5-7,9H,4,8H2,1-3H3. The van der Waals surface area contributed by atoms with Gasteiger partial charge < -0.3 is 4.74 Å². The van der Waals surface area contributed by atoms with E-state index in [9.17, 15) is 9.18 Å². The van der Waals surface area contributed by atoms with Gasteiger partial charge in [0.15, 0.2) is 11.6 Å². The van der Waals surface area contributed by atoms with Crippen molar-refractivity contribution in [1.82, 2.24) is 0 Å². The second-order valence-electron chi connectivity index (χ2n) is 3.86. The third kappa shape index (κ3) is 2.81. The van der Waals surface area contributed by atoms with Crippen molar-refractivity contribution in [3.63, 3.8) is 0 Å². The lowest BCUT2D eigenvalue weighted by molar-refractivity contribution is -0.122. The maximum absolute atomic E-state index is 13.8. The lowest BCUT2D eigenvalue weighted by atomic mass is 9.95. The van der Waals surface area contributed by atoms with Crippen molar-refractivity contribution in [2.75, 3.05) is 7.11 Å². The van der Waals surface area contributed by atoms with E-state index in [1.165, 1.54) is 7.11 Å². The third-order valence-electron chi connectivity index (χ3n) is 2.69. The molecule has 0 N–H and O–H groups in total. The fraction of sp³-hybridized carbons (Fsp3) is 0.462. The van der Waals surface area contributed by atoms with Crippen molar-refractivity contribution in [2.45, 2.75) is 26.7 Å². The Labute approximate surface area is 95.4 Å². The van der Waals surface area contributed by atoms with E-state index in [1.807, 2.05) is 13.8 Å². The highest BCUT2D eigenvalue weighted by Gasteiger charge is 2.15. The van der Waals surface area contributed by atoms with Gasteiger partial charge in [0.1, 0.15) is 5.78 Å². The van der Waals surface area contributed by atoms with E-state index >= 15 is 0 Å². The number of halogens is 1. The van der Waals surface area contributed by atoms with Crippen LogP contribution in [0.4, 0.5) is 4.39 Å². The number of Topliss-reactive ketones (excluding diaryl/α,β-unsaturated/α-hetero) is 1. The molecule has 88 valence electrons. The largest absolute Gasteiger partial charge is 0.494 e. The molecule has 0 spiro atoms. The predicted octanol–water partition coefficient (Wildman–Crippen LogP) is 2.99. The highest BCUT2D eigenvalue weighted by molar-refractivity contribution is 5.80. The zero-order chi connectivity index (χ0) is 12.1. The lowest BCUT2D eigenvalue weighted by Gasteiger charge is -2.11. The van der Waals surface area contributed by atoms with E-state index in [1.54, 1.807) is 18.2 Å². The predicted molar refractivity (Wildman–Crippen MR) is 61.1 cm³/mol. The molecule has 0 bridgehead atoms. The van der Waals surface area contributed by atoms with Crippen LogP contribution in [0.5, 0.6) is 5.75 Å². The zero-order valence-corrected chi connectivity index (χ0v) is 9.92. The number of carbonyl (C=O) groups excluding carboxylic acids is 1. The summed E-state index contributed by atoms with van der Waals surface area (Å²) in [5, 5.41) is 0. The molecule has 0 fully saturated rings. The number of methoxy groups -OCH3 is 1. The number of hydrogen-bond donors (Lipinski definition) is 0. The molecule has 0 aliphatic carbocycles. The van der Waals surface area contributed by atoms with Crippen molar-refractivity contribution in [3.8, 4) is 5.75 Å². The zero-order valence-electron chi connectivity index (χ0n) is 9.92. The minimum atomic E-state index is -0.360. The molecule has 0 aliphatic heterocycles. The molecule has 1 rings (SSSR count). The minimum absolute atomic E-state index is 0.147. The van der Waals surface area contributed by atoms with Crippen molar-refractivity contribution >= 4 is 5.78 Å². The molecule has 1 aromatic carbocycles. The van der Waals surface area contributed by atoms with Crippen LogP contribution in [-0.2, 0) is 11.2 Å². The van der Waals surface area contributed by atoms with Gasteiger partial charge in [-0.1, -0.05) is 26.0 Å². The summed E-state index contributed by atoms with van der Waals surface area (Å²) in [4.78, 5) is 11.4. The number of ketones is 1. The summed E-state index contributed by atoms with van der Waals surface area (Å²) in [7, 11) is 1.43. The molecule has 2 nitrogen and oxygen atoms in total. The lowest BCUT2D eigenvalue weighted by Crippen LogP contribution is -2.13. The molecule has 0 aliphatic rings. The Morgan fingerprint density at radius 2 is 2.19 bits per heavy atom. The van der Waals surface area contributed by atoms with Gasteiger partial charge in [-0.25, -0.2) is 4.39 Å². The van der Waals surface area contributed by atoms with Crippen molar-refractivity contribution in [3.05, 3.63) is 29.6 Å². The van der Waals surface area contributed by atoms with Crippen LogP contribution in [0.1, 0.15) is 25.8 Å². The molecule has 0 amide bonds. The first-order chi connectivity index (χ1) is 7.60. The smallest absolute Gasteiger partial charge is 0.168 e. The maximum atomic E-state index is 13.8. The second kappa shape index (κ2) is 5.64. The summed E-state index contributed by atoms with van der Waals surface area (Å²) >= 11 is 0. The van der Waals surface area contributed by atoms with Gasteiger partial charge in [0.2, 0.25) is 0 Å². The molecule has 0 heterocycles. The number of benzene rings is 1. The molecular formula is C13H17FO2. The summed E-state index contributed by atoms with van der Waals surface area (Å²) in [5.41, 5.74) is 0.536. The third-order valence-corrected chi connectivity index (χ3v) is 2.69. The molecule has 0 saturated carbocycles. The molecule has 16 heavy (non-hydrogen) atoms. The van der Waals surface area contributed by atoms with Crippen molar-refractivity contribution < 1.29 is 13.9 Å². The maximum Gasteiger partial charge on any atom is 0.168 e. The Bertz CT molecular complexity index is 374. The fourth-order valence-electron chi connectivity index (χ4n) is 1.66. The van der Waals surface area contributed by atoms with Crippen molar-refractivity contribution in [1.29, 1.82) is 0 Å². The monoisotopic (exact) mass is 224 g/mol. The summed E-state index contributed by atoms with van der Waals surface area (Å²) in [6.07, 6.45) is 0.919. The SMILES string of the molecule is CCC(=O)C(C)Cc1cccc(OC)c1F. The Morgan fingerprint density at radius 3 is 2.75 bits per heavy atom. The number of ether oxygens (including phenoxy) is 1. The molecular weight excluding hydrogens is 207 g/mol. The molecule has 1 aromatic rings. The van der Waals surface area contributed by atoms with Crippen LogP contribution in [0.25, 0.3) is 0 Å². The van der Waals surface area contributed by atoms with Gasteiger partial charge in [0.05, 0.1) is 7.11 Å². The van der Waals surface area contributed by atoms with Crippen LogP contribution in [0.3, 0.4) is 0 Å². The van der Waals surface area contributed by atoms with Crippen LogP contribution in [0.15, 0.2) is 18.2 Å². The van der Waals surface area contributed by atoms with Gasteiger partial charge in [-0.05, 0) is 18.1 Å². The number of hydrogen-bond acceptors (Lipinski definition) is 2. The molecule has 0 aromatic heterocycles. The Morgan fingerprint density at radius 1 is 1.50 bits per heavy atom. The van der Waals surface area contributed by atoms with E-state index in [0.29, 0.717) is 18.4 Å². The fourth-order valence-corrected chi connectivity index (χ4v) is 1.66. The van der Waals surface area contributed by atoms with Crippen LogP contribution in [-0.4, -0.2) is 12.9 Å². The number of carbonyl (C=O) groups is 1. The topological polar surface area (TPSA) is 26.3 Å². The van der Waals surface area contributed by atoms with Crippen LogP contribution < -0.4 is 4.74 Å². The van der Waals surface area contributed by atoms with Crippen LogP contribution >= 0.6 is 0 Å². The Kier molecular flexibility index (Phi) is 4.47. The minimum Gasteiger partial charge on any atom is -0.494 e. The van der Waals surface area contributed by atoms with E-state index in [2.05, 4.69) is 0 Å². The summed E-state index contributed by atoms with van der Waals surface area (Å²) in [6, 6.07) is 5.00. The molecule has 1 atom stereocenters. The van der Waals surface area contributed by atoms with Gasteiger partial charge >= 0.3 is 0 Å². The highest BCUT2D eigenvalue weighted by Crippen LogP contribution is 2.22. The normalized spacial score (nSPS) is 12.2. The quantitative estimate of drug-likeness (QED) is 0.768. The van der Waals surface area contributed by atoms with Gasteiger partial charge in [-0.15, -0.1) is 0 Å². The first-order valence-electron chi connectivity index (χ1n) is 5.44. The van der Waals surface area contributed by atoms with Gasteiger partial charge in [0, 0.05) is 12.3 Å². The average Bonchev–Trinajstić information content (AvgIpc) is 2.30. The molecule has 3 heteroatoms. The van der Waals surface area contributed by atoms with Crippen LogP contribution in [0, 0.1) is 11.7 Å². The molecule has 1 unspecified atom stereocenters.